The summed E-state index contributed by atoms with van der Waals surface area (Å²) in [4.78, 5) is 30.6. The zero-order valence-corrected chi connectivity index (χ0v) is 22.7. The number of aryl methyl sites for hydroxylation is 1. The molecule has 5 rings (SSSR count). The van der Waals surface area contributed by atoms with Gasteiger partial charge in [-0.25, -0.2) is 17.9 Å². The lowest BCUT2D eigenvalue weighted by molar-refractivity contribution is -0.138. The molecule has 2 aliphatic rings. The Kier molecular flexibility index (Phi) is 7.66. The molecule has 39 heavy (non-hydrogen) atoms. The molecule has 0 bridgehead atoms. The molecule has 2 fully saturated rings. The van der Waals surface area contributed by atoms with Crippen molar-refractivity contribution in [2.24, 2.45) is 5.92 Å². The minimum absolute atomic E-state index is 0.0219. The van der Waals surface area contributed by atoms with Gasteiger partial charge in [0.1, 0.15) is 0 Å². The van der Waals surface area contributed by atoms with Crippen LogP contribution >= 0.6 is 0 Å². The second-order valence-electron chi connectivity index (χ2n) is 10.5. The Morgan fingerprint density at radius 2 is 1.67 bits per heavy atom. The Balaban J connectivity index is 1.21. The largest absolute Gasteiger partial charge is 0.465 e. The van der Waals surface area contributed by atoms with Crippen LogP contribution in [0.4, 0.5) is 4.79 Å². The number of aromatic amines is 1. The maximum absolute atomic E-state index is 13.2. The van der Waals surface area contributed by atoms with Gasteiger partial charge >= 0.3 is 6.09 Å². The number of hydrogen-bond acceptors (Lipinski definition) is 5. The van der Waals surface area contributed by atoms with Crippen molar-refractivity contribution in [2.75, 3.05) is 26.2 Å². The topological polar surface area (TPSA) is 143 Å². The highest BCUT2D eigenvalue weighted by Gasteiger charge is 2.33. The monoisotopic (exact) mass is 554 g/mol. The van der Waals surface area contributed by atoms with Gasteiger partial charge in [0.25, 0.3) is 0 Å². The second-order valence-corrected chi connectivity index (χ2v) is 12.2. The number of carbonyl (C=O) groups excluding carboxylic acids is 1. The molecule has 1 aliphatic carbocycles. The number of hydrogen-bond donors (Lipinski definition) is 4. The van der Waals surface area contributed by atoms with Gasteiger partial charge in [-0.05, 0) is 61.9 Å². The normalized spacial score (nSPS) is 20.4. The second kappa shape index (κ2) is 11.0. The van der Waals surface area contributed by atoms with E-state index in [4.69, 9.17) is 5.11 Å². The van der Waals surface area contributed by atoms with Crippen LogP contribution in [0.15, 0.2) is 47.4 Å². The number of rotatable bonds is 6. The van der Waals surface area contributed by atoms with E-state index < -0.39 is 16.1 Å². The molecule has 0 radical (unpaired) electrons. The fourth-order valence-corrected chi connectivity index (χ4v) is 7.00. The molecule has 2 aromatic carbocycles. The summed E-state index contributed by atoms with van der Waals surface area (Å²) in [6.07, 6.45) is 1.37. The molecule has 208 valence electrons. The van der Waals surface area contributed by atoms with Gasteiger partial charge in [0.05, 0.1) is 11.5 Å². The van der Waals surface area contributed by atoms with Gasteiger partial charge in [-0.1, -0.05) is 24.3 Å². The molecule has 2 heterocycles. The molecular weight excluding hydrogens is 520 g/mol. The Bertz CT molecular complexity index is 1480. The molecular formula is C28H34N4O6S. The first-order chi connectivity index (χ1) is 18.6. The summed E-state index contributed by atoms with van der Waals surface area (Å²) in [7, 11) is -3.75. The number of aliphatic hydroxyl groups is 1. The summed E-state index contributed by atoms with van der Waals surface area (Å²) in [5.41, 5.74) is 4.43. The number of aromatic nitrogens is 1. The van der Waals surface area contributed by atoms with Crippen molar-refractivity contribution in [3.63, 3.8) is 0 Å². The van der Waals surface area contributed by atoms with Crippen LogP contribution in [0.1, 0.15) is 36.8 Å². The van der Waals surface area contributed by atoms with Crippen molar-refractivity contribution in [2.45, 2.75) is 50.2 Å². The van der Waals surface area contributed by atoms with Crippen LogP contribution in [0.3, 0.4) is 0 Å². The average molecular weight is 555 g/mol. The van der Waals surface area contributed by atoms with Crippen LogP contribution < -0.4 is 4.72 Å². The van der Waals surface area contributed by atoms with E-state index in [0.717, 1.165) is 33.3 Å². The predicted octanol–water partition coefficient (Wildman–Crippen LogP) is 3.29. The van der Waals surface area contributed by atoms with E-state index >= 15 is 0 Å². The van der Waals surface area contributed by atoms with Gasteiger partial charge in [-0.2, -0.15) is 0 Å². The average Bonchev–Trinajstić information content (AvgIpc) is 3.36. The summed E-state index contributed by atoms with van der Waals surface area (Å²) in [6.45, 7) is 3.38. The van der Waals surface area contributed by atoms with Crippen LogP contribution in [-0.2, 0) is 21.4 Å². The van der Waals surface area contributed by atoms with Crippen molar-refractivity contribution in [1.82, 2.24) is 19.5 Å². The number of fused-ring (bicyclic) bond motifs is 1. The fourth-order valence-electron chi connectivity index (χ4n) is 5.67. The molecule has 0 unspecified atom stereocenters. The SMILES string of the molecule is Cc1cc(CO)ccc1-c1cc2ccc(S(=O)(=O)N[C@H]3CC[C@H](C(=O)N4CCN(C(=O)O)CC4)CC3)cc2[nH]1. The molecule has 1 aliphatic heterocycles. The Morgan fingerprint density at radius 1 is 0.974 bits per heavy atom. The number of nitrogens with zero attached hydrogens (tertiary/aromatic N) is 2. The highest BCUT2D eigenvalue weighted by atomic mass is 32.2. The van der Waals surface area contributed by atoms with E-state index in [0.29, 0.717) is 51.9 Å². The number of carboxylic acid groups (broad SMARTS) is 1. The van der Waals surface area contributed by atoms with E-state index in [9.17, 15) is 23.1 Å². The van der Waals surface area contributed by atoms with Gasteiger partial charge < -0.3 is 25.0 Å². The third kappa shape index (κ3) is 5.80. The van der Waals surface area contributed by atoms with Crippen LogP contribution in [0, 0.1) is 12.8 Å². The first-order valence-electron chi connectivity index (χ1n) is 13.3. The van der Waals surface area contributed by atoms with Crippen molar-refractivity contribution in [3.8, 4) is 11.3 Å². The summed E-state index contributed by atoms with van der Waals surface area (Å²) in [5, 5.41) is 19.4. The number of nitrogens with one attached hydrogen (secondary N) is 2. The number of piperazine rings is 1. The highest BCUT2D eigenvalue weighted by molar-refractivity contribution is 7.89. The third-order valence-corrected chi connectivity index (χ3v) is 9.45. The number of benzene rings is 2. The smallest absolute Gasteiger partial charge is 0.407 e. The Morgan fingerprint density at radius 3 is 2.31 bits per heavy atom. The zero-order valence-electron chi connectivity index (χ0n) is 21.9. The van der Waals surface area contributed by atoms with Gasteiger partial charge in [-0.15, -0.1) is 0 Å². The Labute approximate surface area is 227 Å². The van der Waals surface area contributed by atoms with Crippen LogP contribution in [-0.4, -0.2) is 77.6 Å². The molecule has 0 spiro atoms. The van der Waals surface area contributed by atoms with E-state index in [2.05, 4.69) is 9.71 Å². The summed E-state index contributed by atoms with van der Waals surface area (Å²) < 4.78 is 29.3. The molecule has 4 N–H and O–H groups in total. The molecule has 1 saturated heterocycles. The number of sulfonamides is 1. The van der Waals surface area contributed by atoms with Gasteiger partial charge in [0, 0.05) is 60.3 Å². The quantitative estimate of drug-likeness (QED) is 0.368. The maximum Gasteiger partial charge on any atom is 0.407 e. The first kappa shape index (κ1) is 27.2. The first-order valence-corrected chi connectivity index (χ1v) is 14.8. The minimum Gasteiger partial charge on any atom is -0.465 e. The Hall–Kier alpha value is -3.41. The van der Waals surface area contributed by atoms with E-state index in [1.165, 1.54) is 4.90 Å². The number of aliphatic hydroxyl groups excluding tert-OH is 1. The fraction of sp³-hybridized carbons (Fsp3) is 0.429. The summed E-state index contributed by atoms with van der Waals surface area (Å²) in [6, 6.07) is 12.5. The van der Waals surface area contributed by atoms with Gasteiger partial charge in [0.2, 0.25) is 15.9 Å². The van der Waals surface area contributed by atoms with E-state index in [-0.39, 0.29) is 29.4 Å². The minimum atomic E-state index is -3.75. The lowest BCUT2D eigenvalue weighted by Crippen LogP contribution is -2.52. The van der Waals surface area contributed by atoms with Crippen molar-refractivity contribution in [3.05, 3.63) is 53.6 Å². The van der Waals surface area contributed by atoms with Crippen molar-refractivity contribution in [1.29, 1.82) is 0 Å². The summed E-state index contributed by atoms with van der Waals surface area (Å²) >= 11 is 0. The van der Waals surface area contributed by atoms with E-state index in [1.54, 1.807) is 23.1 Å². The molecule has 2 amide bonds. The molecule has 0 atom stereocenters. The zero-order chi connectivity index (χ0) is 27.7. The van der Waals surface area contributed by atoms with Crippen molar-refractivity contribution < 1.29 is 28.2 Å². The molecule has 1 saturated carbocycles. The van der Waals surface area contributed by atoms with Crippen LogP contribution in [0.2, 0.25) is 0 Å². The molecule has 3 aromatic rings. The van der Waals surface area contributed by atoms with Crippen molar-refractivity contribution >= 4 is 32.9 Å². The molecule has 1 aromatic heterocycles. The lowest BCUT2D eigenvalue weighted by atomic mass is 9.85. The predicted molar refractivity (Wildman–Crippen MR) is 147 cm³/mol. The standard InChI is InChI=1S/C28H34N4O6S/c1-18-14-19(17-33)2-9-24(18)26-15-21-5-8-23(16-25(21)29-26)39(37,38)30-22-6-3-20(4-7-22)27(34)31-10-12-32(13-11-31)28(35)36/h2,5,8-9,14-16,20,22,29-30,33H,3-4,6-7,10-13,17H2,1H3,(H,35,36)/t20-,22-. The number of amides is 2. The molecule has 11 heteroatoms. The summed E-state index contributed by atoms with van der Waals surface area (Å²) in [5.74, 6) is -0.124. The maximum atomic E-state index is 13.2. The van der Waals surface area contributed by atoms with Crippen LogP contribution in [0.25, 0.3) is 22.2 Å². The van der Waals surface area contributed by atoms with E-state index in [1.807, 2.05) is 31.2 Å². The third-order valence-electron chi connectivity index (χ3n) is 7.93. The van der Waals surface area contributed by atoms with Gasteiger partial charge in [-0.3, -0.25) is 4.79 Å². The number of carbonyl (C=O) groups is 2. The van der Waals surface area contributed by atoms with Gasteiger partial charge in [0.15, 0.2) is 0 Å². The van der Waals surface area contributed by atoms with Crippen LogP contribution in [0.5, 0.6) is 0 Å². The number of H-pyrrole nitrogens is 1. The highest BCUT2D eigenvalue weighted by Crippen LogP contribution is 2.30. The molecule has 10 nitrogen and oxygen atoms in total. The lowest BCUT2D eigenvalue weighted by Gasteiger charge is -2.37.